The predicted molar refractivity (Wildman–Crippen MR) is 70.9 cm³/mol. The molecule has 1 saturated heterocycles. The first-order valence-corrected chi connectivity index (χ1v) is 6.59. The molecule has 0 aliphatic carbocycles. The van der Waals surface area contributed by atoms with Crippen molar-refractivity contribution >= 4 is 0 Å². The van der Waals surface area contributed by atoms with E-state index in [0.717, 1.165) is 13.1 Å². The van der Waals surface area contributed by atoms with E-state index in [2.05, 4.69) is 29.0 Å². The molecule has 3 nitrogen and oxygen atoms in total. The molecule has 0 radical (unpaired) electrons. The fraction of sp³-hybridized carbons (Fsp3) is 0.643. The van der Waals surface area contributed by atoms with Gasteiger partial charge in [-0.25, -0.2) is 4.39 Å². The summed E-state index contributed by atoms with van der Waals surface area (Å²) < 4.78 is 13.9. The quantitative estimate of drug-likeness (QED) is 0.890. The van der Waals surface area contributed by atoms with Gasteiger partial charge in [-0.2, -0.15) is 0 Å². The summed E-state index contributed by atoms with van der Waals surface area (Å²) in [5.41, 5.74) is 0.595. The van der Waals surface area contributed by atoms with Crippen LogP contribution in [0.4, 0.5) is 4.39 Å². The van der Waals surface area contributed by atoms with E-state index in [4.69, 9.17) is 0 Å². The van der Waals surface area contributed by atoms with E-state index in [9.17, 15) is 4.39 Å². The molecule has 2 heterocycles. The SMILES string of the molecule is CNC(c1ccncc1F)C(C)(C)N1CCCC1. The zero-order chi connectivity index (χ0) is 13.2. The van der Waals surface area contributed by atoms with Gasteiger partial charge in [-0.05, 0) is 52.9 Å². The second-order valence-corrected chi connectivity index (χ2v) is 5.47. The molecule has 1 aliphatic rings. The van der Waals surface area contributed by atoms with Crippen molar-refractivity contribution in [2.24, 2.45) is 0 Å². The Morgan fingerprint density at radius 3 is 2.61 bits per heavy atom. The summed E-state index contributed by atoms with van der Waals surface area (Å²) in [5.74, 6) is -0.232. The predicted octanol–water partition coefficient (Wildman–Crippen LogP) is 2.36. The van der Waals surface area contributed by atoms with Crippen LogP contribution in [-0.2, 0) is 0 Å². The summed E-state index contributed by atoms with van der Waals surface area (Å²) in [7, 11) is 1.89. The number of nitrogens with one attached hydrogen (secondary N) is 1. The number of aromatic nitrogens is 1. The molecule has 0 amide bonds. The van der Waals surface area contributed by atoms with Crippen LogP contribution in [0, 0.1) is 5.82 Å². The van der Waals surface area contributed by atoms with Gasteiger partial charge in [-0.3, -0.25) is 9.88 Å². The minimum Gasteiger partial charge on any atom is -0.311 e. The number of likely N-dealkylation sites (tertiary alicyclic amines) is 1. The molecule has 1 atom stereocenters. The Morgan fingerprint density at radius 2 is 2.06 bits per heavy atom. The van der Waals surface area contributed by atoms with Crippen molar-refractivity contribution in [2.75, 3.05) is 20.1 Å². The van der Waals surface area contributed by atoms with E-state index in [1.54, 1.807) is 12.3 Å². The highest BCUT2D eigenvalue weighted by atomic mass is 19.1. The number of nitrogens with zero attached hydrogens (tertiary/aromatic N) is 2. The summed E-state index contributed by atoms with van der Waals surface area (Å²) in [5, 5.41) is 3.27. The molecule has 1 N–H and O–H groups in total. The normalized spacial score (nSPS) is 19.1. The Bertz CT molecular complexity index is 400. The first kappa shape index (κ1) is 13.4. The minimum absolute atomic E-state index is 0.0291. The number of pyridine rings is 1. The Balaban J connectivity index is 2.30. The molecule has 2 rings (SSSR count). The average Bonchev–Trinajstić information content (AvgIpc) is 2.86. The van der Waals surface area contributed by atoms with Crippen molar-refractivity contribution in [3.05, 3.63) is 29.8 Å². The lowest BCUT2D eigenvalue weighted by molar-refractivity contribution is 0.109. The van der Waals surface area contributed by atoms with Crippen molar-refractivity contribution in [3.63, 3.8) is 0 Å². The number of halogens is 1. The van der Waals surface area contributed by atoms with E-state index in [0.29, 0.717) is 5.56 Å². The van der Waals surface area contributed by atoms with E-state index in [1.165, 1.54) is 19.0 Å². The first-order valence-electron chi connectivity index (χ1n) is 6.59. The Morgan fingerprint density at radius 1 is 1.39 bits per heavy atom. The smallest absolute Gasteiger partial charge is 0.146 e. The third-order valence-corrected chi connectivity index (χ3v) is 4.03. The van der Waals surface area contributed by atoms with Gasteiger partial charge in [0.25, 0.3) is 0 Å². The Hall–Kier alpha value is -1.00. The Kier molecular flexibility index (Phi) is 3.97. The van der Waals surface area contributed by atoms with Crippen LogP contribution in [0.1, 0.15) is 38.3 Å². The number of rotatable bonds is 4. The van der Waals surface area contributed by atoms with Gasteiger partial charge in [-0.15, -0.1) is 0 Å². The van der Waals surface area contributed by atoms with Crippen molar-refractivity contribution < 1.29 is 4.39 Å². The molecule has 1 fully saturated rings. The maximum atomic E-state index is 13.9. The summed E-state index contributed by atoms with van der Waals surface area (Å²) in [6.45, 7) is 6.55. The monoisotopic (exact) mass is 251 g/mol. The third-order valence-electron chi connectivity index (χ3n) is 4.03. The highest BCUT2D eigenvalue weighted by molar-refractivity contribution is 5.22. The lowest BCUT2D eigenvalue weighted by Gasteiger charge is -2.42. The molecular weight excluding hydrogens is 229 g/mol. The van der Waals surface area contributed by atoms with Crippen molar-refractivity contribution in [1.82, 2.24) is 15.2 Å². The Labute approximate surface area is 108 Å². The van der Waals surface area contributed by atoms with Crippen LogP contribution in [0.15, 0.2) is 18.5 Å². The zero-order valence-corrected chi connectivity index (χ0v) is 11.4. The fourth-order valence-electron chi connectivity index (χ4n) is 2.99. The molecule has 0 bridgehead atoms. The summed E-state index contributed by atoms with van der Waals surface area (Å²) in [6.07, 6.45) is 5.42. The minimum atomic E-state index is -0.232. The van der Waals surface area contributed by atoms with Gasteiger partial charge in [0.1, 0.15) is 5.82 Å². The second kappa shape index (κ2) is 5.33. The standard InChI is InChI=1S/C14H22FN3/c1-14(2,18-8-4-5-9-18)13(16-3)11-6-7-17-10-12(11)15/h6-7,10,13,16H,4-5,8-9H2,1-3H3. The van der Waals surface area contributed by atoms with Crippen LogP contribution >= 0.6 is 0 Å². The largest absolute Gasteiger partial charge is 0.311 e. The van der Waals surface area contributed by atoms with Gasteiger partial charge < -0.3 is 5.32 Å². The maximum Gasteiger partial charge on any atom is 0.146 e. The van der Waals surface area contributed by atoms with E-state index < -0.39 is 0 Å². The van der Waals surface area contributed by atoms with Crippen LogP contribution in [0.2, 0.25) is 0 Å². The molecule has 18 heavy (non-hydrogen) atoms. The highest BCUT2D eigenvalue weighted by Gasteiger charge is 2.37. The van der Waals surface area contributed by atoms with Gasteiger partial charge in [0.2, 0.25) is 0 Å². The fourth-order valence-corrected chi connectivity index (χ4v) is 2.99. The molecule has 0 aromatic carbocycles. The second-order valence-electron chi connectivity index (χ2n) is 5.47. The molecular formula is C14H22FN3. The van der Waals surface area contributed by atoms with Gasteiger partial charge >= 0.3 is 0 Å². The van der Waals surface area contributed by atoms with Gasteiger partial charge in [0.05, 0.1) is 12.2 Å². The molecule has 0 spiro atoms. The summed E-state index contributed by atoms with van der Waals surface area (Å²) in [6, 6.07) is 1.74. The highest BCUT2D eigenvalue weighted by Crippen LogP contribution is 2.34. The number of likely N-dealkylation sites (N-methyl/N-ethyl adjacent to an activating group) is 1. The van der Waals surface area contributed by atoms with Gasteiger partial charge in [0, 0.05) is 17.3 Å². The summed E-state index contributed by atoms with van der Waals surface area (Å²) >= 11 is 0. The summed E-state index contributed by atoms with van der Waals surface area (Å²) in [4.78, 5) is 6.26. The van der Waals surface area contributed by atoms with E-state index >= 15 is 0 Å². The van der Waals surface area contributed by atoms with Crippen molar-refractivity contribution in [3.8, 4) is 0 Å². The lowest BCUT2D eigenvalue weighted by Crippen LogP contribution is -2.51. The number of hydrogen-bond donors (Lipinski definition) is 1. The molecule has 100 valence electrons. The molecule has 4 heteroatoms. The van der Waals surface area contributed by atoms with E-state index in [-0.39, 0.29) is 17.4 Å². The zero-order valence-electron chi connectivity index (χ0n) is 11.4. The number of hydrogen-bond acceptors (Lipinski definition) is 3. The molecule has 1 aromatic rings. The average molecular weight is 251 g/mol. The van der Waals surface area contributed by atoms with Crippen molar-refractivity contribution in [2.45, 2.75) is 38.3 Å². The van der Waals surface area contributed by atoms with Crippen LogP contribution in [0.25, 0.3) is 0 Å². The van der Waals surface area contributed by atoms with Gasteiger partial charge in [0.15, 0.2) is 0 Å². The topological polar surface area (TPSA) is 28.2 Å². The molecule has 0 saturated carbocycles. The molecule has 1 aliphatic heterocycles. The van der Waals surface area contributed by atoms with Crippen LogP contribution in [-0.4, -0.2) is 35.6 Å². The third kappa shape index (κ3) is 2.40. The van der Waals surface area contributed by atoms with E-state index in [1.807, 2.05) is 7.05 Å². The lowest BCUT2D eigenvalue weighted by atomic mass is 9.87. The first-order chi connectivity index (χ1) is 8.57. The van der Waals surface area contributed by atoms with Crippen molar-refractivity contribution in [1.29, 1.82) is 0 Å². The molecule has 1 aromatic heterocycles. The van der Waals surface area contributed by atoms with Crippen LogP contribution in [0.3, 0.4) is 0 Å². The van der Waals surface area contributed by atoms with Gasteiger partial charge in [-0.1, -0.05) is 0 Å². The molecule has 1 unspecified atom stereocenters. The van der Waals surface area contributed by atoms with Crippen LogP contribution in [0.5, 0.6) is 0 Å². The van der Waals surface area contributed by atoms with Crippen LogP contribution < -0.4 is 5.32 Å². The maximum absolute atomic E-state index is 13.9.